The van der Waals surface area contributed by atoms with E-state index in [1.165, 1.54) is 0 Å². The molecule has 0 radical (unpaired) electrons. The van der Waals surface area contributed by atoms with E-state index in [9.17, 15) is 10.4 Å². The van der Waals surface area contributed by atoms with Crippen molar-refractivity contribution in [2.75, 3.05) is 60.8 Å². The van der Waals surface area contributed by atoms with Crippen LogP contribution in [0.5, 0.6) is 11.5 Å². The normalized spacial score (nSPS) is 12.7. The molecule has 8 nitrogen and oxygen atoms in total. The number of methoxy groups -OCH3 is 2. The van der Waals surface area contributed by atoms with Gasteiger partial charge >= 0.3 is 0 Å². The Bertz CT molecular complexity index is 805. The summed E-state index contributed by atoms with van der Waals surface area (Å²) in [4.78, 5) is 0. The largest absolute Gasteiger partial charge is 0.468 e. The summed E-state index contributed by atoms with van der Waals surface area (Å²) in [5.74, 6) is 0.729. The van der Waals surface area contributed by atoms with Crippen molar-refractivity contribution in [3.63, 3.8) is 0 Å². The molecule has 180 valence electrons. The highest BCUT2D eigenvalue weighted by Crippen LogP contribution is 2.36. The van der Waals surface area contributed by atoms with Gasteiger partial charge in [0.15, 0.2) is 13.6 Å². The second-order valence-corrected chi connectivity index (χ2v) is 7.19. The number of hydrogen-bond acceptors (Lipinski definition) is 8. The second kappa shape index (κ2) is 16.0. The summed E-state index contributed by atoms with van der Waals surface area (Å²) in [6.45, 7) is 2.18. The molecule has 0 aliphatic carbocycles. The lowest BCUT2D eigenvalue weighted by Gasteiger charge is -2.23. The molecular formula is C25H33NO7. The first-order valence-corrected chi connectivity index (χ1v) is 10.8. The molecule has 0 aliphatic rings. The van der Waals surface area contributed by atoms with Crippen molar-refractivity contribution in [2.24, 2.45) is 0 Å². The van der Waals surface area contributed by atoms with Crippen LogP contribution in [0.2, 0.25) is 0 Å². The SMILES string of the molecule is COCCOCOc1ccc([C@@H](C#N)[C@@H](CCO)c2ccc(OCOCCOC)cc2)cc1. The van der Waals surface area contributed by atoms with Crippen molar-refractivity contribution in [3.8, 4) is 17.6 Å². The highest BCUT2D eigenvalue weighted by atomic mass is 16.7. The molecule has 2 aromatic carbocycles. The number of aliphatic hydroxyl groups excluding tert-OH is 1. The van der Waals surface area contributed by atoms with Crippen LogP contribution in [0.25, 0.3) is 0 Å². The van der Waals surface area contributed by atoms with E-state index in [0.717, 1.165) is 11.1 Å². The maximum absolute atomic E-state index is 9.93. The molecule has 1 N–H and O–H groups in total. The highest BCUT2D eigenvalue weighted by molar-refractivity contribution is 5.38. The summed E-state index contributed by atoms with van der Waals surface area (Å²) in [5.41, 5.74) is 1.81. The predicted molar refractivity (Wildman–Crippen MR) is 122 cm³/mol. The molecule has 2 aromatic rings. The molecule has 8 heteroatoms. The van der Waals surface area contributed by atoms with Crippen molar-refractivity contribution in [3.05, 3.63) is 59.7 Å². The fourth-order valence-corrected chi connectivity index (χ4v) is 3.27. The standard InChI is InChI=1S/C25H33NO7/c1-28-13-15-30-18-32-22-7-3-20(4-8-22)24(11-12-27)25(17-26)21-5-9-23(10-6-21)33-19-31-16-14-29-2/h3-10,24-25,27H,11-16,18-19H2,1-2H3/t24-,25+/m0/s1. The third-order valence-corrected chi connectivity index (χ3v) is 5.01. The van der Waals surface area contributed by atoms with Gasteiger partial charge in [0, 0.05) is 26.7 Å². The zero-order chi connectivity index (χ0) is 23.7. The van der Waals surface area contributed by atoms with Crippen LogP contribution in [0.3, 0.4) is 0 Å². The summed E-state index contributed by atoms with van der Waals surface area (Å²) < 4.78 is 31.6. The van der Waals surface area contributed by atoms with Gasteiger partial charge in [0.1, 0.15) is 11.5 Å². The van der Waals surface area contributed by atoms with Crippen molar-refractivity contribution >= 4 is 0 Å². The van der Waals surface area contributed by atoms with E-state index < -0.39 is 5.92 Å². The Labute approximate surface area is 195 Å². The van der Waals surface area contributed by atoms with Gasteiger partial charge in [0.25, 0.3) is 0 Å². The summed E-state index contributed by atoms with van der Waals surface area (Å²) >= 11 is 0. The van der Waals surface area contributed by atoms with Crippen LogP contribution in [-0.4, -0.2) is 65.9 Å². The second-order valence-electron chi connectivity index (χ2n) is 7.19. The monoisotopic (exact) mass is 459 g/mol. The molecule has 0 aromatic heterocycles. The van der Waals surface area contributed by atoms with E-state index in [1.807, 2.05) is 48.5 Å². The molecule has 0 bridgehead atoms. The molecular weight excluding hydrogens is 426 g/mol. The molecule has 0 heterocycles. The zero-order valence-corrected chi connectivity index (χ0v) is 19.3. The highest BCUT2D eigenvalue weighted by Gasteiger charge is 2.24. The van der Waals surface area contributed by atoms with Crippen molar-refractivity contribution in [2.45, 2.75) is 18.3 Å². The van der Waals surface area contributed by atoms with E-state index >= 15 is 0 Å². The minimum absolute atomic E-state index is 0.0194. The maximum atomic E-state index is 9.93. The van der Waals surface area contributed by atoms with Crippen LogP contribution in [0.15, 0.2) is 48.5 Å². The number of benzene rings is 2. The molecule has 2 atom stereocenters. The van der Waals surface area contributed by atoms with Gasteiger partial charge in [-0.3, -0.25) is 0 Å². The van der Waals surface area contributed by atoms with Gasteiger partial charge in [-0.1, -0.05) is 24.3 Å². The first kappa shape index (κ1) is 26.6. The molecule has 2 rings (SSSR count). The lowest BCUT2D eigenvalue weighted by atomic mass is 9.80. The van der Waals surface area contributed by atoms with Gasteiger partial charge in [0.05, 0.1) is 38.4 Å². The number of aliphatic hydroxyl groups is 1. The molecule has 0 saturated heterocycles. The lowest BCUT2D eigenvalue weighted by molar-refractivity contribution is -0.00858. The van der Waals surface area contributed by atoms with Crippen molar-refractivity contribution in [1.82, 2.24) is 0 Å². The summed E-state index contributed by atoms with van der Waals surface area (Å²) in [6, 6.07) is 17.3. The number of ether oxygens (including phenoxy) is 6. The van der Waals surface area contributed by atoms with Gasteiger partial charge in [-0.05, 0) is 41.8 Å². The fraction of sp³-hybridized carbons (Fsp3) is 0.480. The average Bonchev–Trinajstić information content (AvgIpc) is 2.85. The molecule has 33 heavy (non-hydrogen) atoms. The third-order valence-electron chi connectivity index (χ3n) is 5.01. The predicted octanol–water partition coefficient (Wildman–Crippen LogP) is 3.46. The minimum Gasteiger partial charge on any atom is -0.468 e. The molecule has 0 amide bonds. The number of nitriles is 1. The Kier molecular flexibility index (Phi) is 12.9. The van der Waals surface area contributed by atoms with Crippen LogP contribution in [-0.2, 0) is 18.9 Å². The molecule has 0 saturated carbocycles. The van der Waals surface area contributed by atoms with Gasteiger partial charge < -0.3 is 33.5 Å². The number of hydrogen-bond donors (Lipinski definition) is 1. The zero-order valence-electron chi connectivity index (χ0n) is 19.3. The Balaban J connectivity index is 2.00. The van der Waals surface area contributed by atoms with Crippen LogP contribution in [0.4, 0.5) is 0 Å². The van der Waals surface area contributed by atoms with Crippen LogP contribution in [0, 0.1) is 11.3 Å². The van der Waals surface area contributed by atoms with E-state index in [2.05, 4.69) is 6.07 Å². The molecule has 0 unspecified atom stereocenters. The Morgan fingerprint density at radius 3 is 1.67 bits per heavy atom. The third kappa shape index (κ3) is 9.38. The summed E-state index contributed by atoms with van der Waals surface area (Å²) in [5, 5.41) is 19.6. The van der Waals surface area contributed by atoms with Crippen molar-refractivity contribution in [1.29, 1.82) is 5.26 Å². The summed E-state index contributed by atoms with van der Waals surface area (Å²) in [7, 11) is 3.23. The van der Waals surface area contributed by atoms with Crippen LogP contribution in [0.1, 0.15) is 29.4 Å². The van der Waals surface area contributed by atoms with Gasteiger partial charge in [-0.15, -0.1) is 0 Å². The van der Waals surface area contributed by atoms with Gasteiger partial charge in [0.2, 0.25) is 0 Å². The van der Waals surface area contributed by atoms with E-state index in [-0.39, 0.29) is 26.1 Å². The first-order chi connectivity index (χ1) is 16.2. The molecule has 0 fully saturated rings. The molecule has 0 spiro atoms. The number of nitrogens with zero attached hydrogens (tertiary/aromatic N) is 1. The Hall–Kier alpha value is -2.67. The van der Waals surface area contributed by atoms with Gasteiger partial charge in [-0.2, -0.15) is 5.26 Å². The van der Waals surface area contributed by atoms with Crippen LogP contribution >= 0.6 is 0 Å². The minimum atomic E-state index is -0.423. The Morgan fingerprint density at radius 1 is 0.758 bits per heavy atom. The maximum Gasteiger partial charge on any atom is 0.189 e. The van der Waals surface area contributed by atoms with Crippen molar-refractivity contribution < 1.29 is 33.5 Å². The lowest BCUT2D eigenvalue weighted by Crippen LogP contribution is -2.12. The number of rotatable bonds is 17. The Morgan fingerprint density at radius 2 is 1.24 bits per heavy atom. The fourth-order valence-electron chi connectivity index (χ4n) is 3.27. The topological polar surface area (TPSA) is 99.4 Å². The van der Waals surface area contributed by atoms with E-state index in [4.69, 9.17) is 28.4 Å². The van der Waals surface area contributed by atoms with Crippen LogP contribution < -0.4 is 9.47 Å². The summed E-state index contributed by atoms with van der Waals surface area (Å²) in [6.07, 6.45) is 0.462. The molecule has 0 aliphatic heterocycles. The first-order valence-electron chi connectivity index (χ1n) is 10.8. The van der Waals surface area contributed by atoms with Gasteiger partial charge in [-0.25, -0.2) is 0 Å². The average molecular weight is 460 g/mol. The van der Waals surface area contributed by atoms with E-state index in [1.54, 1.807) is 14.2 Å². The van der Waals surface area contributed by atoms with E-state index in [0.29, 0.717) is 44.3 Å². The quantitative estimate of drug-likeness (QED) is 0.284. The smallest absolute Gasteiger partial charge is 0.189 e.